The van der Waals surface area contributed by atoms with Gasteiger partial charge in [0.25, 0.3) is 0 Å². The average Bonchev–Trinajstić information content (AvgIpc) is 1.63. The molecule has 48 valence electrons. The Kier molecular flexibility index (Phi) is 3.07. The van der Waals surface area contributed by atoms with Crippen LogP contribution in [0.1, 0.15) is 6.42 Å². The van der Waals surface area contributed by atoms with Gasteiger partial charge in [-0.2, -0.15) is 0 Å². The van der Waals surface area contributed by atoms with E-state index in [9.17, 15) is 0 Å². The predicted octanol–water partition coefficient (Wildman–Crippen LogP) is 1.18. The first-order valence-corrected chi connectivity index (χ1v) is 4.25. The molecule has 1 aliphatic heterocycles. The van der Waals surface area contributed by atoms with Crippen molar-refractivity contribution in [3.05, 3.63) is 0 Å². The van der Waals surface area contributed by atoms with Crippen LogP contribution < -0.4 is 0 Å². The number of alkyl halides is 1. The zero-order valence-electron chi connectivity index (χ0n) is 4.60. The zero-order valence-corrected chi connectivity index (χ0v) is 6.76. The van der Waals surface area contributed by atoms with Gasteiger partial charge in [-0.05, 0) is 0 Å². The van der Waals surface area contributed by atoms with Gasteiger partial charge in [0.2, 0.25) is 0 Å². The molecule has 3 heteroatoms. The molecule has 0 aromatic carbocycles. The molecule has 0 radical (unpaired) electrons. The lowest BCUT2D eigenvalue weighted by Gasteiger charge is -2.25. The summed E-state index contributed by atoms with van der Waals surface area (Å²) in [4.78, 5) is 0. The largest absolute Gasteiger partial charge is 0.352 e. The number of halogens is 1. The minimum Gasteiger partial charge on any atom is -0.352 e. The van der Waals surface area contributed by atoms with Crippen LogP contribution in [0.3, 0.4) is 0 Å². The van der Waals surface area contributed by atoms with Gasteiger partial charge < -0.3 is 9.47 Å². The first-order chi connectivity index (χ1) is 3.93. The molecule has 0 N–H and O–H groups in total. The Hall–Kier alpha value is 0.650. The van der Waals surface area contributed by atoms with Crippen molar-refractivity contribution in [2.45, 2.75) is 12.7 Å². The van der Waals surface area contributed by atoms with Crippen LogP contribution in [0.2, 0.25) is 0 Å². The molecule has 1 saturated heterocycles. The molecule has 0 saturated carbocycles. The molecule has 1 rings (SSSR count). The van der Waals surface area contributed by atoms with Crippen LogP contribution in [0.5, 0.6) is 0 Å². The van der Waals surface area contributed by atoms with E-state index in [2.05, 4.69) is 22.6 Å². The Morgan fingerprint density at radius 2 is 2.50 bits per heavy atom. The monoisotopic (exact) mass is 228 g/mol. The highest BCUT2D eigenvalue weighted by atomic mass is 127. The molecule has 0 amide bonds. The molecule has 8 heavy (non-hydrogen) atoms. The number of hydrogen-bond donors (Lipinski definition) is 0. The summed E-state index contributed by atoms with van der Waals surface area (Å²) in [7, 11) is 0. The summed E-state index contributed by atoms with van der Waals surface area (Å²) in [6.45, 7) is 1.71. The second-order valence-corrected chi connectivity index (χ2v) is 2.73. The maximum absolute atomic E-state index is 5.20. The highest BCUT2D eigenvalue weighted by molar-refractivity contribution is 14.1. The standard InChI is InChI=1S/C5H9IO2/c6-2-4-8-5-1-3-7-5/h5H,1-4H2. The third-order valence-electron chi connectivity index (χ3n) is 1.04. The van der Waals surface area contributed by atoms with E-state index in [4.69, 9.17) is 9.47 Å². The minimum atomic E-state index is 0.129. The van der Waals surface area contributed by atoms with Crippen molar-refractivity contribution in [1.82, 2.24) is 0 Å². The fourth-order valence-corrected chi connectivity index (χ4v) is 0.776. The Morgan fingerprint density at radius 3 is 2.88 bits per heavy atom. The van der Waals surface area contributed by atoms with Crippen molar-refractivity contribution in [3.8, 4) is 0 Å². The van der Waals surface area contributed by atoms with Gasteiger partial charge in [0.05, 0.1) is 13.2 Å². The van der Waals surface area contributed by atoms with Gasteiger partial charge in [0.15, 0.2) is 6.29 Å². The van der Waals surface area contributed by atoms with Crippen LogP contribution in [0, 0.1) is 0 Å². The second kappa shape index (κ2) is 3.63. The van der Waals surface area contributed by atoms with Crippen molar-refractivity contribution in [2.24, 2.45) is 0 Å². The third kappa shape index (κ3) is 1.87. The second-order valence-electron chi connectivity index (χ2n) is 1.65. The topological polar surface area (TPSA) is 18.5 Å². The summed E-state index contributed by atoms with van der Waals surface area (Å²) in [5.41, 5.74) is 0. The van der Waals surface area contributed by atoms with Crippen LogP contribution in [0.4, 0.5) is 0 Å². The SMILES string of the molecule is ICCOC1CCO1. The molecule has 0 bridgehead atoms. The smallest absolute Gasteiger partial charge is 0.159 e. The minimum absolute atomic E-state index is 0.129. The molecule has 1 atom stereocenters. The Balaban J connectivity index is 1.86. The lowest BCUT2D eigenvalue weighted by molar-refractivity contribution is -0.211. The van der Waals surface area contributed by atoms with Crippen LogP contribution in [0.25, 0.3) is 0 Å². The number of ether oxygens (including phenoxy) is 2. The molecule has 0 aliphatic carbocycles. The molecule has 1 unspecified atom stereocenters. The van der Waals surface area contributed by atoms with Crippen LogP contribution in [-0.4, -0.2) is 23.9 Å². The Bertz CT molecular complexity index is 63.4. The van der Waals surface area contributed by atoms with E-state index < -0.39 is 0 Å². The molecule has 0 spiro atoms. The van der Waals surface area contributed by atoms with Crippen LogP contribution in [0.15, 0.2) is 0 Å². The molecule has 1 fully saturated rings. The molecule has 2 nitrogen and oxygen atoms in total. The lowest BCUT2D eigenvalue weighted by atomic mass is 10.3. The fraction of sp³-hybridized carbons (Fsp3) is 1.00. The van der Waals surface area contributed by atoms with Gasteiger partial charge in [-0.3, -0.25) is 0 Å². The molecule has 1 aliphatic rings. The molecule has 0 aromatic rings. The molecular weight excluding hydrogens is 219 g/mol. The van der Waals surface area contributed by atoms with Gasteiger partial charge in [-0.25, -0.2) is 0 Å². The number of rotatable bonds is 3. The normalized spacial score (nSPS) is 27.4. The summed E-state index contributed by atoms with van der Waals surface area (Å²) in [5.74, 6) is 0. The quantitative estimate of drug-likeness (QED) is 0.533. The predicted molar refractivity (Wildman–Crippen MR) is 39.2 cm³/mol. The molecule has 1 heterocycles. The van der Waals surface area contributed by atoms with E-state index in [1.54, 1.807) is 0 Å². The van der Waals surface area contributed by atoms with Crippen molar-refractivity contribution < 1.29 is 9.47 Å². The molecular formula is C5H9IO2. The summed E-state index contributed by atoms with van der Waals surface area (Å²) in [5, 5.41) is 0. The van der Waals surface area contributed by atoms with Crippen LogP contribution >= 0.6 is 22.6 Å². The molecule has 0 aromatic heterocycles. The first kappa shape index (κ1) is 6.77. The highest BCUT2D eigenvalue weighted by Gasteiger charge is 2.17. The number of hydrogen-bond acceptors (Lipinski definition) is 2. The maximum Gasteiger partial charge on any atom is 0.159 e. The van der Waals surface area contributed by atoms with Crippen molar-refractivity contribution in [3.63, 3.8) is 0 Å². The summed E-state index contributed by atoms with van der Waals surface area (Å²) >= 11 is 2.28. The van der Waals surface area contributed by atoms with Gasteiger partial charge in [0, 0.05) is 10.8 Å². The van der Waals surface area contributed by atoms with Crippen LogP contribution in [-0.2, 0) is 9.47 Å². The van der Waals surface area contributed by atoms with E-state index in [1.807, 2.05) is 0 Å². The van der Waals surface area contributed by atoms with Gasteiger partial charge >= 0.3 is 0 Å². The van der Waals surface area contributed by atoms with E-state index in [0.29, 0.717) is 0 Å². The average molecular weight is 228 g/mol. The van der Waals surface area contributed by atoms with Gasteiger partial charge in [-0.15, -0.1) is 0 Å². The van der Waals surface area contributed by atoms with E-state index in [1.165, 1.54) is 0 Å². The Morgan fingerprint density at radius 1 is 1.75 bits per heavy atom. The van der Waals surface area contributed by atoms with E-state index >= 15 is 0 Å². The maximum atomic E-state index is 5.20. The summed E-state index contributed by atoms with van der Waals surface area (Å²) < 4.78 is 11.3. The third-order valence-corrected chi connectivity index (χ3v) is 1.48. The van der Waals surface area contributed by atoms with Gasteiger partial charge in [0.1, 0.15) is 0 Å². The van der Waals surface area contributed by atoms with Crippen molar-refractivity contribution >= 4 is 22.6 Å². The first-order valence-electron chi connectivity index (χ1n) is 2.72. The summed E-state index contributed by atoms with van der Waals surface area (Å²) in [6.07, 6.45) is 1.21. The highest BCUT2D eigenvalue weighted by Crippen LogP contribution is 2.11. The Labute approximate surface area is 62.7 Å². The van der Waals surface area contributed by atoms with Crippen molar-refractivity contribution in [1.29, 1.82) is 0 Å². The van der Waals surface area contributed by atoms with E-state index in [0.717, 1.165) is 24.1 Å². The van der Waals surface area contributed by atoms with Crippen molar-refractivity contribution in [2.75, 3.05) is 17.6 Å². The van der Waals surface area contributed by atoms with Gasteiger partial charge in [-0.1, -0.05) is 22.6 Å². The van der Waals surface area contributed by atoms with E-state index in [-0.39, 0.29) is 6.29 Å². The summed E-state index contributed by atoms with van der Waals surface area (Å²) in [6, 6.07) is 0. The fourth-order valence-electron chi connectivity index (χ4n) is 0.522. The zero-order chi connectivity index (χ0) is 5.82. The lowest BCUT2D eigenvalue weighted by Crippen LogP contribution is -2.30.